The minimum absolute atomic E-state index is 0.0643. The Morgan fingerprint density at radius 3 is 2.59 bits per heavy atom. The second kappa shape index (κ2) is 12.7. The molecule has 0 radical (unpaired) electrons. The molecule has 7 nitrogen and oxygen atoms in total. The number of aromatic nitrogens is 1. The Morgan fingerprint density at radius 2 is 1.97 bits per heavy atom. The van der Waals surface area contributed by atoms with Gasteiger partial charge in [0.25, 0.3) is 0 Å². The van der Waals surface area contributed by atoms with Gasteiger partial charge in [0.15, 0.2) is 5.92 Å². The normalized spacial score (nSPS) is 11.7. The number of nitrogens with zero attached hydrogens (tertiary/aromatic N) is 4. The number of nitrogens with one attached hydrogen (secondary N) is 1. The van der Waals surface area contributed by atoms with Gasteiger partial charge in [0, 0.05) is 36.1 Å². The first-order valence-electron chi connectivity index (χ1n) is 10.4. The van der Waals surface area contributed by atoms with Gasteiger partial charge >= 0.3 is 5.97 Å². The molecule has 1 aromatic carbocycles. The quantitative estimate of drug-likeness (QED) is 0.267. The summed E-state index contributed by atoms with van der Waals surface area (Å²) in [4.78, 5) is 20.1. The van der Waals surface area contributed by atoms with E-state index in [1.165, 1.54) is 7.11 Å². The number of carbonyl (C=O) groups is 1. The Balaban J connectivity index is 2.36. The van der Waals surface area contributed by atoms with E-state index in [0.29, 0.717) is 25.1 Å². The Bertz CT molecular complexity index is 1030. The largest absolute Gasteiger partial charge is 0.469 e. The maximum atomic E-state index is 11.4. The van der Waals surface area contributed by atoms with Gasteiger partial charge in [0.2, 0.25) is 0 Å². The molecule has 0 spiro atoms. The molecule has 0 saturated carbocycles. The number of aliphatic imine (C=N–C) groups is 1. The van der Waals surface area contributed by atoms with Crippen LogP contribution in [0.5, 0.6) is 0 Å². The average Bonchev–Trinajstić information content (AvgIpc) is 2.80. The zero-order valence-corrected chi connectivity index (χ0v) is 18.6. The summed E-state index contributed by atoms with van der Waals surface area (Å²) < 4.78 is 4.71. The molecule has 32 heavy (non-hydrogen) atoms. The van der Waals surface area contributed by atoms with Gasteiger partial charge in [-0.2, -0.15) is 10.5 Å². The van der Waals surface area contributed by atoms with Gasteiger partial charge in [-0.25, -0.2) is 0 Å². The topological polar surface area (TPSA) is 111 Å². The highest BCUT2D eigenvalue weighted by Gasteiger charge is 2.16. The van der Waals surface area contributed by atoms with Crippen LogP contribution >= 0.6 is 0 Å². The van der Waals surface area contributed by atoms with Gasteiger partial charge in [-0.15, -0.1) is 0 Å². The van der Waals surface area contributed by atoms with E-state index < -0.39 is 5.92 Å². The third kappa shape index (κ3) is 7.37. The second-order valence-corrected chi connectivity index (χ2v) is 7.33. The molecule has 0 saturated heterocycles. The van der Waals surface area contributed by atoms with E-state index in [1.807, 2.05) is 62.4 Å². The number of hydrogen-bond donors (Lipinski definition) is 1. The fraction of sp³-hybridized carbons (Fsp3) is 0.320. The number of unbranched alkanes of at least 4 members (excludes halogenated alkanes) is 1. The van der Waals surface area contributed by atoms with Crippen LogP contribution in [0.3, 0.4) is 0 Å². The smallest absolute Gasteiger partial charge is 0.305 e. The number of anilines is 1. The molecular weight excluding hydrogens is 402 g/mol. The minimum atomic E-state index is -0.979. The fourth-order valence-corrected chi connectivity index (χ4v) is 3.04. The van der Waals surface area contributed by atoms with Crippen molar-refractivity contribution in [1.82, 2.24) is 4.98 Å². The maximum Gasteiger partial charge on any atom is 0.305 e. The lowest BCUT2D eigenvalue weighted by Gasteiger charge is -2.14. The van der Waals surface area contributed by atoms with Crippen LogP contribution in [-0.4, -0.2) is 29.9 Å². The van der Waals surface area contributed by atoms with Gasteiger partial charge in [0.1, 0.15) is 5.84 Å². The molecule has 2 aromatic rings. The van der Waals surface area contributed by atoms with E-state index >= 15 is 0 Å². The molecule has 7 heteroatoms. The number of ether oxygens (including phenoxy) is 1. The number of pyridine rings is 1. The van der Waals surface area contributed by atoms with Gasteiger partial charge in [-0.1, -0.05) is 24.3 Å². The lowest BCUT2D eigenvalue weighted by Crippen LogP contribution is -2.22. The number of hydrogen-bond acceptors (Lipinski definition) is 6. The fourth-order valence-electron chi connectivity index (χ4n) is 3.04. The molecule has 0 aliphatic carbocycles. The highest BCUT2D eigenvalue weighted by Crippen LogP contribution is 2.26. The van der Waals surface area contributed by atoms with Crippen molar-refractivity contribution in [1.29, 1.82) is 10.5 Å². The summed E-state index contributed by atoms with van der Waals surface area (Å²) in [5.41, 5.74) is 3.59. The number of allylic oxidation sites excluding steroid dienone is 1. The Kier molecular flexibility index (Phi) is 9.62. The number of nitriles is 2. The molecule has 0 aliphatic heterocycles. The summed E-state index contributed by atoms with van der Waals surface area (Å²) in [7, 11) is 1.39. The maximum absolute atomic E-state index is 11.4. The zero-order chi connectivity index (χ0) is 23.3. The number of rotatable bonds is 9. The molecule has 164 valence electrons. The standard InChI is InChI=1S/C25H27N5O2/c1-18(2)29-25(21(15-26)16-27)30-22-10-6-8-19(14-22)23(20-9-7-13-28-17-20)11-4-5-12-24(31)32-3/h6-11,13-14,17-18,21H,4-5,12H2,1-3H3,(H,29,30)/b23-11+. The van der Waals surface area contributed by atoms with Crippen molar-refractivity contribution in [2.45, 2.75) is 39.2 Å². The Morgan fingerprint density at radius 1 is 1.22 bits per heavy atom. The van der Waals surface area contributed by atoms with Crippen molar-refractivity contribution < 1.29 is 9.53 Å². The summed E-state index contributed by atoms with van der Waals surface area (Å²) in [5, 5.41) is 21.8. The van der Waals surface area contributed by atoms with Crippen LogP contribution in [0.2, 0.25) is 0 Å². The molecule has 1 heterocycles. The number of methoxy groups -OCH3 is 1. The third-order valence-corrected chi connectivity index (χ3v) is 4.51. The van der Waals surface area contributed by atoms with Crippen LogP contribution in [0.1, 0.15) is 44.2 Å². The van der Waals surface area contributed by atoms with E-state index in [2.05, 4.69) is 21.4 Å². The lowest BCUT2D eigenvalue weighted by molar-refractivity contribution is -0.140. The predicted molar refractivity (Wildman–Crippen MR) is 125 cm³/mol. The molecule has 0 fully saturated rings. The first-order chi connectivity index (χ1) is 15.5. The van der Waals surface area contributed by atoms with Crippen molar-refractivity contribution in [3.05, 3.63) is 66.0 Å². The van der Waals surface area contributed by atoms with Gasteiger partial charge < -0.3 is 10.1 Å². The molecule has 1 aromatic heterocycles. The number of esters is 1. The van der Waals surface area contributed by atoms with Gasteiger partial charge in [-0.05, 0) is 56.0 Å². The van der Waals surface area contributed by atoms with Crippen molar-refractivity contribution in [2.24, 2.45) is 10.9 Å². The molecule has 1 N–H and O–H groups in total. The molecular formula is C25H27N5O2. The summed E-state index contributed by atoms with van der Waals surface area (Å²) in [6.07, 6.45) is 7.31. The first kappa shape index (κ1) is 24.3. The van der Waals surface area contributed by atoms with Crippen molar-refractivity contribution in [2.75, 3.05) is 12.4 Å². The lowest BCUT2D eigenvalue weighted by atomic mass is 9.97. The van der Waals surface area contributed by atoms with E-state index in [9.17, 15) is 15.3 Å². The molecule has 0 atom stereocenters. The van der Waals surface area contributed by atoms with Crippen LogP contribution in [0.15, 0.2) is 59.9 Å². The molecule has 0 unspecified atom stereocenters. The Labute approximate surface area is 189 Å². The summed E-state index contributed by atoms with van der Waals surface area (Å²) in [6.45, 7) is 3.78. The van der Waals surface area contributed by atoms with E-state index in [0.717, 1.165) is 22.4 Å². The van der Waals surface area contributed by atoms with E-state index in [-0.39, 0.29) is 12.0 Å². The molecule has 0 bridgehead atoms. The zero-order valence-electron chi connectivity index (χ0n) is 18.6. The predicted octanol–water partition coefficient (Wildman–Crippen LogP) is 4.74. The number of benzene rings is 1. The monoisotopic (exact) mass is 429 g/mol. The average molecular weight is 430 g/mol. The molecule has 0 amide bonds. The van der Waals surface area contributed by atoms with Crippen molar-refractivity contribution in [3.63, 3.8) is 0 Å². The second-order valence-electron chi connectivity index (χ2n) is 7.33. The molecule has 0 aliphatic rings. The van der Waals surface area contributed by atoms with Crippen molar-refractivity contribution >= 4 is 23.1 Å². The van der Waals surface area contributed by atoms with Gasteiger partial charge in [-0.3, -0.25) is 14.8 Å². The summed E-state index contributed by atoms with van der Waals surface area (Å²) in [5.74, 6) is -0.881. The Hall–Kier alpha value is -3.97. The van der Waals surface area contributed by atoms with Crippen LogP contribution in [0.25, 0.3) is 5.57 Å². The van der Waals surface area contributed by atoms with Crippen molar-refractivity contribution in [3.8, 4) is 12.1 Å². The van der Waals surface area contributed by atoms with Crippen LogP contribution in [0.4, 0.5) is 5.69 Å². The third-order valence-electron chi connectivity index (χ3n) is 4.51. The van der Waals surface area contributed by atoms with E-state index in [4.69, 9.17) is 4.74 Å². The SMILES string of the molecule is COC(=O)CCC/C=C(/c1cccnc1)c1cccc(NC(=NC(C)C)C(C#N)C#N)c1. The molecule has 2 rings (SSSR count). The van der Waals surface area contributed by atoms with Crippen LogP contribution < -0.4 is 5.32 Å². The highest BCUT2D eigenvalue weighted by atomic mass is 16.5. The van der Waals surface area contributed by atoms with Crippen LogP contribution in [0, 0.1) is 28.6 Å². The van der Waals surface area contributed by atoms with E-state index in [1.54, 1.807) is 12.4 Å². The minimum Gasteiger partial charge on any atom is -0.469 e. The summed E-state index contributed by atoms with van der Waals surface area (Å²) in [6, 6.07) is 15.4. The number of amidine groups is 1. The highest BCUT2D eigenvalue weighted by molar-refractivity contribution is 6.00. The summed E-state index contributed by atoms with van der Waals surface area (Å²) >= 11 is 0. The van der Waals surface area contributed by atoms with Crippen LogP contribution in [-0.2, 0) is 9.53 Å². The first-order valence-corrected chi connectivity index (χ1v) is 10.4. The van der Waals surface area contributed by atoms with Gasteiger partial charge in [0.05, 0.1) is 19.2 Å². The number of carbonyl (C=O) groups excluding carboxylic acids is 1.